The molecular weight excluding hydrogens is 258 g/mol. The average molecular weight is 269 g/mol. The van der Waals surface area contributed by atoms with Gasteiger partial charge in [-0.2, -0.15) is 19.7 Å². The molecule has 0 saturated carbocycles. The zero-order valence-corrected chi connectivity index (χ0v) is 10.3. The lowest BCUT2D eigenvalue weighted by atomic mass is 10.2. The third kappa shape index (κ3) is 2.21. The summed E-state index contributed by atoms with van der Waals surface area (Å²) in [5.41, 5.74) is 9.53. The van der Waals surface area contributed by atoms with Gasteiger partial charge < -0.3 is 10.8 Å². The molecule has 0 saturated heterocycles. The van der Waals surface area contributed by atoms with Gasteiger partial charge in [0.15, 0.2) is 5.65 Å². The lowest BCUT2D eigenvalue weighted by Gasteiger charge is -2.03. The summed E-state index contributed by atoms with van der Waals surface area (Å²) in [5, 5.41) is 17.6. The SMILES string of the molecule is Nc1cc2ncnn2c(N/N=C/c2ccccc2O)n1. The van der Waals surface area contributed by atoms with Gasteiger partial charge in [-0.3, -0.25) is 0 Å². The molecular formula is C12H11N7O. The quantitative estimate of drug-likeness (QED) is 0.480. The van der Waals surface area contributed by atoms with E-state index in [-0.39, 0.29) is 5.75 Å². The second kappa shape index (κ2) is 4.84. The maximum Gasteiger partial charge on any atom is 0.248 e. The van der Waals surface area contributed by atoms with Crippen LogP contribution < -0.4 is 11.2 Å². The number of fused-ring (bicyclic) bond motifs is 1. The number of aromatic hydroxyl groups is 1. The number of phenolic OH excluding ortho intramolecular Hbond substituents is 1. The Labute approximate surface area is 113 Å². The predicted molar refractivity (Wildman–Crippen MR) is 74.5 cm³/mol. The van der Waals surface area contributed by atoms with Gasteiger partial charge in [-0.05, 0) is 12.1 Å². The molecule has 20 heavy (non-hydrogen) atoms. The number of hydrazone groups is 1. The Hall–Kier alpha value is -3.16. The number of hydrogen-bond donors (Lipinski definition) is 3. The van der Waals surface area contributed by atoms with Crippen LogP contribution in [0.2, 0.25) is 0 Å². The van der Waals surface area contributed by atoms with Crippen LogP contribution in [0.4, 0.5) is 11.8 Å². The van der Waals surface area contributed by atoms with Gasteiger partial charge in [0.2, 0.25) is 5.95 Å². The van der Waals surface area contributed by atoms with Crippen molar-refractivity contribution in [2.24, 2.45) is 5.10 Å². The number of hydrogen-bond acceptors (Lipinski definition) is 7. The van der Waals surface area contributed by atoms with E-state index in [2.05, 4.69) is 25.6 Å². The van der Waals surface area contributed by atoms with Crippen LogP contribution in [0.5, 0.6) is 5.75 Å². The van der Waals surface area contributed by atoms with Gasteiger partial charge in [0, 0.05) is 11.6 Å². The first-order valence-electron chi connectivity index (χ1n) is 5.77. The van der Waals surface area contributed by atoms with Crippen molar-refractivity contribution >= 4 is 23.6 Å². The van der Waals surface area contributed by atoms with Crippen molar-refractivity contribution in [1.82, 2.24) is 19.6 Å². The van der Waals surface area contributed by atoms with Crippen LogP contribution in [-0.4, -0.2) is 30.9 Å². The molecule has 3 aromatic rings. The third-order valence-corrected chi connectivity index (χ3v) is 2.59. The van der Waals surface area contributed by atoms with Crippen LogP contribution in [0.3, 0.4) is 0 Å². The number of nitrogens with zero attached hydrogens (tertiary/aromatic N) is 5. The summed E-state index contributed by atoms with van der Waals surface area (Å²) in [5.74, 6) is 0.791. The minimum absolute atomic E-state index is 0.143. The Bertz CT molecular complexity index is 780. The maximum absolute atomic E-state index is 9.61. The van der Waals surface area contributed by atoms with E-state index in [4.69, 9.17) is 5.73 Å². The summed E-state index contributed by atoms with van der Waals surface area (Å²) in [7, 11) is 0. The zero-order chi connectivity index (χ0) is 13.9. The highest BCUT2D eigenvalue weighted by atomic mass is 16.3. The highest BCUT2D eigenvalue weighted by Gasteiger charge is 2.04. The fourth-order valence-corrected chi connectivity index (χ4v) is 1.67. The van der Waals surface area contributed by atoms with Crippen molar-refractivity contribution in [3.63, 3.8) is 0 Å². The highest BCUT2D eigenvalue weighted by molar-refractivity contribution is 5.83. The molecule has 2 heterocycles. The molecule has 0 radical (unpaired) electrons. The molecule has 8 heteroatoms. The monoisotopic (exact) mass is 269 g/mol. The Morgan fingerprint density at radius 1 is 1.35 bits per heavy atom. The average Bonchev–Trinajstić information content (AvgIpc) is 2.89. The van der Waals surface area contributed by atoms with E-state index in [1.807, 2.05) is 0 Å². The van der Waals surface area contributed by atoms with Gasteiger partial charge in [-0.15, -0.1) is 0 Å². The molecule has 8 nitrogen and oxygen atoms in total. The largest absolute Gasteiger partial charge is 0.507 e. The molecule has 0 spiro atoms. The number of phenols is 1. The molecule has 0 unspecified atom stereocenters. The van der Waals surface area contributed by atoms with E-state index in [0.717, 1.165) is 0 Å². The van der Waals surface area contributed by atoms with Gasteiger partial charge >= 0.3 is 0 Å². The first kappa shape index (κ1) is 11.9. The number of aromatic nitrogens is 4. The van der Waals surface area contributed by atoms with Crippen LogP contribution >= 0.6 is 0 Å². The number of nitrogens with two attached hydrogens (primary N) is 1. The summed E-state index contributed by atoms with van der Waals surface area (Å²) in [6.07, 6.45) is 2.87. The molecule has 0 amide bonds. The van der Waals surface area contributed by atoms with E-state index in [1.54, 1.807) is 30.3 Å². The first-order chi connectivity index (χ1) is 9.74. The van der Waals surface area contributed by atoms with E-state index >= 15 is 0 Å². The number of nitrogen functional groups attached to an aromatic ring is 1. The fourth-order valence-electron chi connectivity index (χ4n) is 1.67. The summed E-state index contributed by atoms with van der Waals surface area (Å²) in [6, 6.07) is 8.45. The lowest BCUT2D eigenvalue weighted by Crippen LogP contribution is -2.05. The van der Waals surface area contributed by atoms with Gasteiger partial charge in [0.05, 0.1) is 6.21 Å². The number of anilines is 2. The van der Waals surface area contributed by atoms with E-state index in [9.17, 15) is 5.11 Å². The van der Waals surface area contributed by atoms with Crippen molar-refractivity contribution in [3.8, 4) is 5.75 Å². The van der Waals surface area contributed by atoms with Crippen LogP contribution in [0.15, 0.2) is 41.8 Å². The normalized spacial score (nSPS) is 11.2. The second-order valence-corrected chi connectivity index (χ2v) is 3.96. The van der Waals surface area contributed by atoms with Crippen molar-refractivity contribution in [2.45, 2.75) is 0 Å². The Kier molecular flexibility index (Phi) is 2.88. The van der Waals surface area contributed by atoms with Crippen LogP contribution in [0.1, 0.15) is 5.56 Å². The van der Waals surface area contributed by atoms with E-state index in [0.29, 0.717) is 23.0 Å². The Morgan fingerprint density at radius 2 is 2.20 bits per heavy atom. The summed E-state index contributed by atoms with van der Waals surface area (Å²) in [4.78, 5) is 8.10. The van der Waals surface area contributed by atoms with Gasteiger partial charge in [0.1, 0.15) is 17.9 Å². The smallest absolute Gasteiger partial charge is 0.248 e. The van der Waals surface area contributed by atoms with E-state index in [1.165, 1.54) is 17.1 Å². The summed E-state index contributed by atoms with van der Waals surface area (Å²) >= 11 is 0. The number of benzene rings is 1. The molecule has 1 aromatic carbocycles. The van der Waals surface area contributed by atoms with Gasteiger partial charge in [-0.25, -0.2) is 10.4 Å². The van der Waals surface area contributed by atoms with Crippen molar-refractivity contribution in [2.75, 3.05) is 11.2 Å². The van der Waals surface area contributed by atoms with Gasteiger partial charge in [0.25, 0.3) is 0 Å². The van der Waals surface area contributed by atoms with Crippen molar-refractivity contribution in [3.05, 3.63) is 42.2 Å². The summed E-state index contributed by atoms with van der Waals surface area (Å²) in [6.45, 7) is 0. The number of para-hydroxylation sites is 1. The minimum atomic E-state index is 0.143. The maximum atomic E-state index is 9.61. The molecule has 0 bridgehead atoms. The number of nitrogens with one attached hydrogen (secondary N) is 1. The minimum Gasteiger partial charge on any atom is -0.507 e. The van der Waals surface area contributed by atoms with Crippen LogP contribution in [-0.2, 0) is 0 Å². The molecule has 100 valence electrons. The standard InChI is InChI=1S/C12H11N7O/c13-10-5-11-14-7-16-19(11)12(17-10)18-15-6-8-3-1-2-4-9(8)20/h1-7,20H,13H2,(H,17,18)/b15-6+. The topological polar surface area (TPSA) is 114 Å². The van der Waals surface area contributed by atoms with E-state index < -0.39 is 0 Å². The first-order valence-corrected chi connectivity index (χ1v) is 5.77. The lowest BCUT2D eigenvalue weighted by molar-refractivity contribution is 0.474. The third-order valence-electron chi connectivity index (χ3n) is 2.59. The molecule has 0 aliphatic carbocycles. The molecule has 4 N–H and O–H groups in total. The Morgan fingerprint density at radius 3 is 3.05 bits per heavy atom. The van der Waals surface area contributed by atoms with Gasteiger partial charge in [-0.1, -0.05) is 12.1 Å². The molecule has 0 aliphatic heterocycles. The van der Waals surface area contributed by atoms with Crippen LogP contribution in [0, 0.1) is 0 Å². The van der Waals surface area contributed by atoms with Crippen molar-refractivity contribution < 1.29 is 5.11 Å². The second-order valence-electron chi connectivity index (χ2n) is 3.96. The zero-order valence-electron chi connectivity index (χ0n) is 10.3. The van der Waals surface area contributed by atoms with Crippen molar-refractivity contribution in [1.29, 1.82) is 0 Å². The molecule has 3 rings (SSSR count). The highest BCUT2D eigenvalue weighted by Crippen LogP contribution is 2.13. The molecule has 0 aliphatic rings. The predicted octanol–water partition coefficient (Wildman–Crippen LogP) is 0.858. The molecule has 2 aromatic heterocycles. The van der Waals surface area contributed by atoms with Crippen LogP contribution in [0.25, 0.3) is 5.65 Å². The molecule has 0 atom stereocenters. The number of rotatable bonds is 3. The summed E-state index contributed by atoms with van der Waals surface area (Å²) < 4.78 is 1.47. The Balaban J connectivity index is 1.87. The molecule has 0 fully saturated rings. The fraction of sp³-hybridized carbons (Fsp3) is 0.